The van der Waals surface area contributed by atoms with Crippen molar-refractivity contribution >= 4 is 0 Å². The molecule has 1 rings (SSSR count). The maximum Gasteiger partial charge on any atom is 0.0839 e. The normalized spacial score (nSPS) is 12.6. The quantitative estimate of drug-likeness (QED) is 0.721. The highest BCUT2D eigenvalue weighted by molar-refractivity contribution is 5.25. The van der Waals surface area contributed by atoms with Crippen LogP contribution in [0.4, 0.5) is 0 Å². The summed E-state index contributed by atoms with van der Waals surface area (Å²) in [6.45, 7) is 7.74. The number of hydrogen-bond acceptors (Lipinski definition) is 3. The Labute approximate surface area is 116 Å². The zero-order valence-corrected chi connectivity index (χ0v) is 12.2. The van der Waals surface area contributed by atoms with Gasteiger partial charge in [-0.2, -0.15) is 5.26 Å². The van der Waals surface area contributed by atoms with Gasteiger partial charge in [-0.15, -0.1) is 0 Å². The predicted molar refractivity (Wildman–Crippen MR) is 78.0 cm³/mol. The molecule has 0 radical (unpaired) electrons. The fraction of sp³-hybridized carbons (Fsp3) is 0.562. The van der Waals surface area contributed by atoms with Gasteiger partial charge in [0.1, 0.15) is 0 Å². The number of benzene rings is 1. The van der Waals surface area contributed by atoms with Gasteiger partial charge < -0.3 is 4.74 Å². The van der Waals surface area contributed by atoms with Crippen LogP contribution in [0.25, 0.3) is 0 Å². The van der Waals surface area contributed by atoms with Crippen molar-refractivity contribution < 1.29 is 4.74 Å². The predicted octanol–water partition coefficient (Wildman–Crippen LogP) is 2.90. The van der Waals surface area contributed by atoms with E-state index >= 15 is 0 Å². The molecule has 1 aromatic carbocycles. The number of ether oxygens (including phenoxy) is 1. The summed E-state index contributed by atoms with van der Waals surface area (Å²) in [7, 11) is 1.71. The second kappa shape index (κ2) is 8.68. The first-order valence-electron chi connectivity index (χ1n) is 6.83. The van der Waals surface area contributed by atoms with Crippen molar-refractivity contribution in [2.45, 2.75) is 19.8 Å². The van der Waals surface area contributed by atoms with Crippen LogP contribution in [0.5, 0.6) is 0 Å². The lowest BCUT2D eigenvalue weighted by atomic mass is 9.99. The van der Waals surface area contributed by atoms with E-state index in [2.05, 4.69) is 24.8 Å². The number of rotatable bonds is 8. The zero-order valence-electron chi connectivity index (χ0n) is 12.2. The van der Waals surface area contributed by atoms with E-state index < -0.39 is 0 Å². The van der Waals surface area contributed by atoms with Crippen LogP contribution in [0, 0.1) is 17.2 Å². The lowest BCUT2D eigenvalue weighted by Crippen LogP contribution is -2.34. The van der Waals surface area contributed by atoms with Gasteiger partial charge in [0.25, 0.3) is 0 Å². The molecule has 3 nitrogen and oxygen atoms in total. The van der Waals surface area contributed by atoms with Crippen LogP contribution in [-0.4, -0.2) is 38.3 Å². The topological polar surface area (TPSA) is 36.3 Å². The Hall–Kier alpha value is -1.37. The Morgan fingerprint density at radius 3 is 2.42 bits per heavy atom. The molecule has 0 saturated heterocycles. The van der Waals surface area contributed by atoms with Gasteiger partial charge in [-0.3, -0.25) is 4.90 Å². The van der Waals surface area contributed by atoms with E-state index in [1.807, 2.05) is 30.3 Å². The largest absolute Gasteiger partial charge is 0.383 e. The number of methoxy groups -OCH3 is 1. The summed E-state index contributed by atoms with van der Waals surface area (Å²) in [4.78, 5) is 2.31. The Morgan fingerprint density at radius 2 is 1.89 bits per heavy atom. The van der Waals surface area contributed by atoms with Gasteiger partial charge in [-0.05, 0) is 11.5 Å². The molecule has 1 atom stereocenters. The van der Waals surface area contributed by atoms with E-state index in [9.17, 15) is 5.26 Å². The minimum Gasteiger partial charge on any atom is -0.383 e. The van der Waals surface area contributed by atoms with Crippen LogP contribution in [0.15, 0.2) is 30.3 Å². The monoisotopic (exact) mass is 260 g/mol. The molecule has 0 bridgehead atoms. The van der Waals surface area contributed by atoms with Crippen LogP contribution in [0.1, 0.15) is 25.3 Å². The minimum atomic E-state index is -0.0724. The fourth-order valence-electron chi connectivity index (χ4n) is 2.16. The molecule has 0 aromatic heterocycles. The molecule has 104 valence electrons. The summed E-state index contributed by atoms with van der Waals surface area (Å²) in [6.07, 6.45) is 0. The first-order valence-corrected chi connectivity index (χ1v) is 6.83. The maximum atomic E-state index is 9.38. The van der Waals surface area contributed by atoms with Crippen molar-refractivity contribution in [3.05, 3.63) is 35.9 Å². The third-order valence-corrected chi connectivity index (χ3v) is 3.03. The van der Waals surface area contributed by atoms with Gasteiger partial charge >= 0.3 is 0 Å². The van der Waals surface area contributed by atoms with Crippen LogP contribution in [0.3, 0.4) is 0 Å². The van der Waals surface area contributed by atoms with E-state index in [0.717, 1.165) is 25.2 Å². The van der Waals surface area contributed by atoms with Crippen LogP contribution >= 0.6 is 0 Å². The van der Waals surface area contributed by atoms with E-state index in [1.165, 1.54) is 0 Å². The van der Waals surface area contributed by atoms with Crippen LogP contribution < -0.4 is 0 Å². The van der Waals surface area contributed by atoms with Crippen molar-refractivity contribution in [1.82, 2.24) is 4.90 Å². The average Bonchev–Trinajstić information content (AvgIpc) is 2.42. The first kappa shape index (κ1) is 15.7. The number of nitrogens with zero attached hydrogens (tertiary/aromatic N) is 2. The lowest BCUT2D eigenvalue weighted by Gasteiger charge is -2.26. The van der Waals surface area contributed by atoms with Gasteiger partial charge in [0.2, 0.25) is 0 Å². The second-order valence-corrected chi connectivity index (χ2v) is 5.24. The lowest BCUT2D eigenvalue weighted by molar-refractivity contribution is 0.138. The van der Waals surface area contributed by atoms with Crippen molar-refractivity contribution in [3.8, 4) is 6.07 Å². The third-order valence-electron chi connectivity index (χ3n) is 3.03. The molecule has 0 aliphatic heterocycles. The Balaban J connectivity index is 2.67. The molecular weight excluding hydrogens is 236 g/mol. The molecule has 3 heteroatoms. The summed E-state index contributed by atoms with van der Waals surface area (Å²) in [5.41, 5.74) is 1.09. The van der Waals surface area contributed by atoms with Crippen molar-refractivity contribution in [3.63, 3.8) is 0 Å². The SMILES string of the molecule is COCCN(CC(C)C)CC(C#N)c1ccccc1. The molecule has 19 heavy (non-hydrogen) atoms. The first-order chi connectivity index (χ1) is 9.17. The smallest absolute Gasteiger partial charge is 0.0839 e. The molecule has 0 aliphatic carbocycles. The van der Waals surface area contributed by atoms with Gasteiger partial charge in [0, 0.05) is 26.7 Å². The number of hydrogen-bond donors (Lipinski definition) is 0. The highest BCUT2D eigenvalue weighted by Gasteiger charge is 2.16. The molecule has 0 heterocycles. The summed E-state index contributed by atoms with van der Waals surface area (Å²) in [5.74, 6) is 0.517. The summed E-state index contributed by atoms with van der Waals surface area (Å²) >= 11 is 0. The summed E-state index contributed by atoms with van der Waals surface area (Å²) in [5, 5.41) is 9.38. The van der Waals surface area contributed by atoms with E-state index in [-0.39, 0.29) is 5.92 Å². The molecule has 1 aromatic rings. The third kappa shape index (κ3) is 5.87. The zero-order chi connectivity index (χ0) is 14.1. The van der Waals surface area contributed by atoms with Gasteiger partial charge in [0.05, 0.1) is 18.6 Å². The molecule has 0 fully saturated rings. The summed E-state index contributed by atoms with van der Waals surface area (Å²) < 4.78 is 5.15. The van der Waals surface area contributed by atoms with Gasteiger partial charge in [0.15, 0.2) is 0 Å². The van der Waals surface area contributed by atoms with Crippen LogP contribution in [0.2, 0.25) is 0 Å². The molecule has 0 spiro atoms. The van der Waals surface area contributed by atoms with Crippen molar-refractivity contribution in [2.75, 3.05) is 33.4 Å². The maximum absolute atomic E-state index is 9.38. The molecule has 0 saturated carbocycles. The Bertz CT molecular complexity index is 383. The molecule has 0 amide bonds. The number of nitriles is 1. The standard InChI is InChI=1S/C16H24N2O/c1-14(2)12-18(9-10-19-3)13-16(11-17)15-7-5-4-6-8-15/h4-8,14,16H,9-10,12-13H2,1-3H3. The fourth-order valence-corrected chi connectivity index (χ4v) is 2.16. The van der Waals surface area contributed by atoms with E-state index in [1.54, 1.807) is 7.11 Å². The molecule has 0 N–H and O–H groups in total. The highest BCUT2D eigenvalue weighted by Crippen LogP contribution is 2.16. The summed E-state index contributed by atoms with van der Waals surface area (Å²) in [6, 6.07) is 12.4. The van der Waals surface area contributed by atoms with E-state index in [0.29, 0.717) is 12.5 Å². The molecule has 0 aliphatic rings. The van der Waals surface area contributed by atoms with Crippen LogP contribution in [-0.2, 0) is 4.74 Å². The minimum absolute atomic E-state index is 0.0724. The van der Waals surface area contributed by atoms with Gasteiger partial charge in [-0.1, -0.05) is 44.2 Å². The van der Waals surface area contributed by atoms with Crippen molar-refractivity contribution in [1.29, 1.82) is 5.26 Å². The highest BCUT2D eigenvalue weighted by atomic mass is 16.5. The Kier molecular flexibility index (Phi) is 7.17. The average molecular weight is 260 g/mol. The molecular formula is C16H24N2O. The van der Waals surface area contributed by atoms with Gasteiger partial charge in [-0.25, -0.2) is 0 Å². The van der Waals surface area contributed by atoms with Crippen molar-refractivity contribution in [2.24, 2.45) is 5.92 Å². The second-order valence-electron chi connectivity index (χ2n) is 5.24. The van der Waals surface area contributed by atoms with E-state index in [4.69, 9.17) is 4.74 Å². The molecule has 1 unspecified atom stereocenters. The Morgan fingerprint density at radius 1 is 1.21 bits per heavy atom.